The number of ether oxygens (including phenoxy) is 1. The lowest BCUT2D eigenvalue weighted by atomic mass is 9.97. The molecule has 1 aromatic carbocycles. The highest BCUT2D eigenvalue weighted by molar-refractivity contribution is 6.08. The first kappa shape index (κ1) is 7.20. The molecule has 1 aromatic rings. The second-order valence-corrected chi connectivity index (χ2v) is 2.21. The van der Waals surface area contributed by atoms with E-state index in [-0.39, 0.29) is 0 Å². The summed E-state index contributed by atoms with van der Waals surface area (Å²) in [7, 11) is 3.82. The van der Waals surface area contributed by atoms with Crippen LogP contribution in [0.1, 0.15) is 5.56 Å². The topological polar surface area (TPSA) is 9.23 Å². The van der Waals surface area contributed by atoms with Crippen molar-refractivity contribution in [3.05, 3.63) is 29.8 Å². The molecule has 0 aromatic heterocycles. The summed E-state index contributed by atoms with van der Waals surface area (Å²) in [6.07, 6.45) is 1.07. The van der Waals surface area contributed by atoms with Crippen LogP contribution in [-0.4, -0.2) is 15.0 Å². The van der Waals surface area contributed by atoms with Crippen molar-refractivity contribution in [2.45, 2.75) is 6.32 Å². The lowest BCUT2D eigenvalue weighted by Gasteiger charge is -2.00. The molecule has 0 aliphatic carbocycles. The van der Waals surface area contributed by atoms with Crippen LogP contribution in [0.4, 0.5) is 0 Å². The summed E-state index contributed by atoms with van der Waals surface area (Å²) >= 11 is 0. The Hall–Kier alpha value is -0.915. The maximum Gasteiger partial charge on any atom is 0.119 e. The van der Waals surface area contributed by atoms with E-state index >= 15 is 0 Å². The van der Waals surface area contributed by atoms with Crippen molar-refractivity contribution in [2.75, 3.05) is 7.11 Å². The van der Waals surface area contributed by atoms with Crippen LogP contribution in [0, 0.1) is 0 Å². The largest absolute Gasteiger partial charge is 0.497 e. The highest BCUT2D eigenvalue weighted by Gasteiger charge is 1.90. The van der Waals surface area contributed by atoms with Gasteiger partial charge in [0.15, 0.2) is 0 Å². The standard InChI is InChI=1S/C8H11BO/c1-10-8-4-2-3-7(5-8)6-9/h2-5H,6,9H2,1H3. The van der Waals surface area contributed by atoms with Crippen LogP contribution in [-0.2, 0) is 6.32 Å². The van der Waals surface area contributed by atoms with Gasteiger partial charge in [0.25, 0.3) is 0 Å². The monoisotopic (exact) mass is 134 g/mol. The normalized spacial score (nSPS) is 9.30. The van der Waals surface area contributed by atoms with Gasteiger partial charge < -0.3 is 4.74 Å². The summed E-state index contributed by atoms with van der Waals surface area (Å²) in [5, 5.41) is 0. The molecule has 0 heterocycles. The molecule has 0 aliphatic heterocycles. The SMILES string of the molecule is BCc1cccc(OC)c1. The molecule has 0 bridgehead atoms. The fraction of sp³-hybridized carbons (Fsp3) is 0.250. The van der Waals surface area contributed by atoms with Gasteiger partial charge in [0, 0.05) is 0 Å². The van der Waals surface area contributed by atoms with E-state index < -0.39 is 0 Å². The quantitative estimate of drug-likeness (QED) is 0.544. The van der Waals surface area contributed by atoms with E-state index in [1.807, 2.05) is 12.1 Å². The average Bonchev–Trinajstić information content (AvgIpc) is 2.05. The lowest BCUT2D eigenvalue weighted by Crippen LogP contribution is -1.86. The summed E-state index contributed by atoms with van der Waals surface area (Å²) in [4.78, 5) is 0. The Bertz CT molecular complexity index is 191. The smallest absolute Gasteiger partial charge is 0.119 e. The van der Waals surface area contributed by atoms with Crippen LogP contribution in [0.15, 0.2) is 24.3 Å². The highest BCUT2D eigenvalue weighted by atomic mass is 16.5. The van der Waals surface area contributed by atoms with Gasteiger partial charge in [0.05, 0.1) is 7.11 Å². The first-order valence-corrected chi connectivity index (χ1v) is 3.49. The van der Waals surface area contributed by atoms with E-state index in [2.05, 4.69) is 20.0 Å². The number of benzene rings is 1. The summed E-state index contributed by atoms with van der Waals surface area (Å²) in [6.45, 7) is 0. The average molecular weight is 134 g/mol. The van der Waals surface area contributed by atoms with E-state index in [0.717, 1.165) is 12.1 Å². The molecule has 0 atom stereocenters. The van der Waals surface area contributed by atoms with Gasteiger partial charge in [-0.2, -0.15) is 0 Å². The molecule has 0 radical (unpaired) electrons. The molecular weight excluding hydrogens is 123 g/mol. The second-order valence-electron chi connectivity index (χ2n) is 2.21. The van der Waals surface area contributed by atoms with Gasteiger partial charge in [-0.25, -0.2) is 0 Å². The van der Waals surface area contributed by atoms with Crippen LogP contribution in [0.25, 0.3) is 0 Å². The molecule has 0 amide bonds. The van der Waals surface area contributed by atoms with E-state index in [1.54, 1.807) is 7.11 Å². The molecule has 0 saturated carbocycles. The Labute approximate surface area is 62.4 Å². The summed E-state index contributed by atoms with van der Waals surface area (Å²) < 4.78 is 5.06. The third-order valence-electron chi connectivity index (χ3n) is 1.54. The minimum Gasteiger partial charge on any atom is -0.497 e. The van der Waals surface area contributed by atoms with Gasteiger partial charge >= 0.3 is 0 Å². The van der Waals surface area contributed by atoms with Crippen LogP contribution in [0.2, 0.25) is 0 Å². The minimum atomic E-state index is 0.944. The molecule has 0 N–H and O–H groups in total. The summed E-state index contributed by atoms with van der Waals surface area (Å²) in [6, 6.07) is 8.12. The van der Waals surface area contributed by atoms with E-state index in [4.69, 9.17) is 4.74 Å². The van der Waals surface area contributed by atoms with E-state index in [1.165, 1.54) is 5.56 Å². The predicted molar refractivity (Wildman–Crippen MR) is 45.2 cm³/mol. The van der Waals surface area contributed by atoms with Crippen molar-refractivity contribution < 1.29 is 4.74 Å². The van der Waals surface area contributed by atoms with Crippen LogP contribution in [0.5, 0.6) is 5.75 Å². The number of rotatable bonds is 2. The van der Waals surface area contributed by atoms with Crippen LogP contribution >= 0.6 is 0 Å². The zero-order valence-corrected chi connectivity index (χ0v) is 6.42. The Morgan fingerprint density at radius 2 is 2.30 bits per heavy atom. The van der Waals surface area contributed by atoms with Gasteiger partial charge in [0.1, 0.15) is 13.6 Å². The first-order chi connectivity index (χ1) is 4.86. The third kappa shape index (κ3) is 1.53. The van der Waals surface area contributed by atoms with Crippen molar-refractivity contribution in [1.82, 2.24) is 0 Å². The molecule has 0 unspecified atom stereocenters. The molecule has 52 valence electrons. The van der Waals surface area contributed by atoms with Gasteiger partial charge in [-0.15, -0.1) is 0 Å². The van der Waals surface area contributed by atoms with Crippen molar-refractivity contribution in [3.8, 4) is 5.75 Å². The molecule has 0 fully saturated rings. The number of hydrogen-bond donors (Lipinski definition) is 0. The summed E-state index contributed by atoms with van der Waals surface area (Å²) in [5.74, 6) is 0.944. The Morgan fingerprint density at radius 3 is 2.90 bits per heavy atom. The fourth-order valence-electron chi connectivity index (χ4n) is 0.892. The number of hydrogen-bond acceptors (Lipinski definition) is 1. The van der Waals surface area contributed by atoms with Crippen molar-refractivity contribution in [3.63, 3.8) is 0 Å². The van der Waals surface area contributed by atoms with Gasteiger partial charge in [-0.3, -0.25) is 0 Å². The van der Waals surface area contributed by atoms with Crippen LogP contribution in [0.3, 0.4) is 0 Å². The number of methoxy groups -OCH3 is 1. The van der Waals surface area contributed by atoms with Crippen molar-refractivity contribution in [1.29, 1.82) is 0 Å². The second kappa shape index (κ2) is 3.30. The maximum atomic E-state index is 5.06. The highest BCUT2D eigenvalue weighted by Crippen LogP contribution is 2.11. The minimum absolute atomic E-state index is 0.944. The molecule has 10 heavy (non-hydrogen) atoms. The van der Waals surface area contributed by atoms with Crippen LogP contribution < -0.4 is 4.74 Å². The first-order valence-electron chi connectivity index (χ1n) is 3.49. The molecule has 0 aliphatic rings. The Balaban J connectivity index is 2.87. The maximum absolute atomic E-state index is 5.06. The Morgan fingerprint density at radius 1 is 1.50 bits per heavy atom. The van der Waals surface area contributed by atoms with Gasteiger partial charge in [0.2, 0.25) is 0 Å². The molecule has 1 rings (SSSR count). The summed E-state index contributed by atoms with van der Waals surface area (Å²) in [5.41, 5.74) is 1.32. The lowest BCUT2D eigenvalue weighted by molar-refractivity contribution is 0.414. The zero-order chi connectivity index (χ0) is 7.40. The van der Waals surface area contributed by atoms with E-state index in [9.17, 15) is 0 Å². The molecule has 0 saturated heterocycles. The molecule has 1 nitrogen and oxygen atoms in total. The third-order valence-corrected chi connectivity index (χ3v) is 1.54. The van der Waals surface area contributed by atoms with Gasteiger partial charge in [-0.1, -0.05) is 24.0 Å². The van der Waals surface area contributed by atoms with Crippen molar-refractivity contribution >= 4 is 7.85 Å². The van der Waals surface area contributed by atoms with Crippen molar-refractivity contribution in [2.24, 2.45) is 0 Å². The molecule has 2 heteroatoms. The molecular formula is C8H11BO. The predicted octanol–water partition coefficient (Wildman–Crippen LogP) is 0.828. The Kier molecular flexibility index (Phi) is 2.38. The molecule has 0 spiro atoms. The zero-order valence-electron chi connectivity index (χ0n) is 6.42. The fourth-order valence-corrected chi connectivity index (χ4v) is 0.892. The van der Waals surface area contributed by atoms with E-state index in [0.29, 0.717) is 0 Å². The van der Waals surface area contributed by atoms with Gasteiger partial charge in [-0.05, 0) is 12.1 Å².